The lowest BCUT2D eigenvalue weighted by atomic mass is 9.68. The van der Waals surface area contributed by atoms with Crippen LogP contribution in [0.1, 0.15) is 57.7 Å². The number of carbonyl (C=O) groups is 1. The van der Waals surface area contributed by atoms with Crippen LogP contribution in [0.25, 0.3) is 5.78 Å². The second-order valence-corrected chi connectivity index (χ2v) is 7.94. The van der Waals surface area contributed by atoms with Crippen molar-refractivity contribution < 1.29 is 4.79 Å². The number of nitrogen functional groups attached to an aromatic ring is 1. The lowest BCUT2D eigenvalue weighted by molar-refractivity contribution is -0.126. The Morgan fingerprint density at radius 2 is 2.16 bits per heavy atom. The van der Waals surface area contributed by atoms with E-state index in [4.69, 9.17) is 5.73 Å². The van der Waals surface area contributed by atoms with Crippen molar-refractivity contribution >= 4 is 17.4 Å². The molecule has 2 N–H and O–H groups in total. The van der Waals surface area contributed by atoms with Crippen LogP contribution >= 0.6 is 0 Å². The minimum Gasteiger partial charge on any atom is -0.382 e. The van der Waals surface area contributed by atoms with Crippen LogP contribution in [0, 0.1) is 36.0 Å². The number of ketones is 1. The maximum atomic E-state index is 12.3. The molecular weight excluding hydrogens is 314 g/mol. The quantitative estimate of drug-likeness (QED) is 0.807. The largest absolute Gasteiger partial charge is 0.382 e. The average Bonchev–Trinajstić information content (AvgIpc) is 2.99. The fraction of sp³-hybridized carbons (Fsp3) is 0.579. The van der Waals surface area contributed by atoms with Gasteiger partial charge in [0.05, 0.1) is 11.3 Å². The molecule has 1 fully saturated rings. The summed E-state index contributed by atoms with van der Waals surface area (Å²) in [5.74, 6) is 8.10. The maximum absolute atomic E-state index is 12.3. The summed E-state index contributed by atoms with van der Waals surface area (Å²) in [6.45, 7) is 8.61. The normalized spacial score (nSPS) is 21.2. The molecule has 0 radical (unpaired) electrons. The van der Waals surface area contributed by atoms with E-state index in [1.165, 1.54) is 10.8 Å². The first-order valence-corrected chi connectivity index (χ1v) is 8.74. The molecular formula is C19H25N5O. The molecule has 0 amide bonds. The minimum absolute atomic E-state index is 0.0232. The Morgan fingerprint density at radius 1 is 1.40 bits per heavy atom. The summed E-state index contributed by atoms with van der Waals surface area (Å²) in [6, 6.07) is 0. The monoisotopic (exact) mass is 339 g/mol. The van der Waals surface area contributed by atoms with Gasteiger partial charge in [-0.3, -0.25) is 4.79 Å². The van der Waals surface area contributed by atoms with Gasteiger partial charge in [-0.2, -0.15) is 14.6 Å². The lowest BCUT2D eigenvalue weighted by Gasteiger charge is -2.36. The molecule has 2 aromatic heterocycles. The zero-order chi connectivity index (χ0) is 18.2. The SMILES string of the molecule is Cc1nc2ncnn2c(N)c1C#CCC1CC(C(C)(C)C)CCC1=O. The summed E-state index contributed by atoms with van der Waals surface area (Å²) in [7, 11) is 0. The molecule has 25 heavy (non-hydrogen) atoms. The van der Waals surface area contributed by atoms with Crippen molar-refractivity contribution in [3.8, 4) is 11.8 Å². The fourth-order valence-corrected chi connectivity index (χ4v) is 3.49. The number of aromatic nitrogens is 4. The summed E-state index contributed by atoms with van der Waals surface area (Å²) in [5, 5.41) is 4.06. The molecule has 1 aliphatic rings. The number of rotatable bonds is 1. The van der Waals surface area contributed by atoms with Crippen molar-refractivity contribution in [3.05, 3.63) is 17.6 Å². The lowest BCUT2D eigenvalue weighted by Crippen LogP contribution is -2.31. The van der Waals surface area contributed by atoms with Crippen molar-refractivity contribution in [2.75, 3.05) is 5.73 Å². The second-order valence-electron chi connectivity index (χ2n) is 7.94. The number of hydrogen-bond donors (Lipinski definition) is 1. The third-order valence-corrected chi connectivity index (χ3v) is 5.19. The van der Waals surface area contributed by atoms with Crippen molar-refractivity contribution in [1.29, 1.82) is 0 Å². The van der Waals surface area contributed by atoms with Crippen molar-refractivity contribution in [1.82, 2.24) is 19.6 Å². The molecule has 2 heterocycles. The molecule has 2 unspecified atom stereocenters. The Balaban J connectivity index is 1.79. The van der Waals surface area contributed by atoms with Crippen molar-refractivity contribution in [2.24, 2.45) is 17.3 Å². The summed E-state index contributed by atoms with van der Waals surface area (Å²) in [4.78, 5) is 20.7. The van der Waals surface area contributed by atoms with Gasteiger partial charge in [-0.1, -0.05) is 32.6 Å². The van der Waals surface area contributed by atoms with Crippen LogP contribution in [0.15, 0.2) is 6.33 Å². The van der Waals surface area contributed by atoms with Crippen molar-refractivity contribution in [2.45, 2.75) is 53.4 Å². The molecule has 132 valence electrons. The highest BCUT2D eigenvalue weighted by molar-refractivity contribution is 5.82. The van der Waals surface area contributed by atoms with E-state index in [1.54, 1.807) is 0 Å². The van der Waals surface area contributed by atoms with Crippen LogP contribution in [0.5, 0.6) is 0 Å². The third kappa shape index (κ3) is 3.51. The zero-order valence-electron chi connectivity index (χ0n) is 15.3. The molecule has 1 aliphatic carbocycles. The van der Waals surface area contributed by atoms with E-state index in [-0.39, 0.29) is 11.3 Å². The molecule has 2 aromatic rings. The van der Waals surface area contributed by atoms with E-state index >= 15 is 0 Å². The molecule has 6 nitrogen and oxygen atoms in total. The summed E-state index contributed by atoms with van der Waals surface area (Å²) < 4.78 is 1.48. The number of anilines is 1. The van der Waals surface area contributed by atoms with E-state index in [0.29, 0.717) is 41.7 Å². The van der Waals surface area contributed by atoms with Crippen LogP contribution < -0.4 is 5.73 Å². The number of hydrogen-bond acceptors (Lipinski definition) is 5. The van der Waals surface area contributed by atoms with Crippen LogP contribution in [0.3, 0.4) is 0 Å². The van der Waals surface area contributed by atoms with E-state index in [2.05, 4.69) is 47.7 Å². The molecule has 0 bridgehead atoms. The molecule has 0 aromatic carbocycles. The molecule has 0 saturated heterocycles. The van der Waals surface area contributed by atoms with Crippen LogP contribution in [0.2, 0.25) is 0 Å². The zero-order valence-corrected chi connectivity index (χ0v) is 15.3. The van der Waals surface area contributed by atoms with Gasteiger partial charge in [0.15, 0.2) is 0 Å². The fourth-order valence-electron chi connectivity index (χ4n) is 3.49. The van der Waals surface area contributed by atoms with E-state index in [1.807, 2.05) is 6.92 Å². The first-order chi connectivity index (χ1) is 11.8. The smallest absolute Gasteiger partial charge is 0.254 e. The highest BCUT2D eigenvalue weighted by atomic mass is 16.1. The number of aryl methyl sites for hydroxylation is 1. The maximum Gasteiger partial charge on any atom is 0.254 e. The molecule has 0 aliphatic heterocycles. The first kappa shape index (κ1) is 17.4. The van der Waals surface area contributed by atoms with E-state index < -0.39 is 0 Å². The Hall–Kier alpha value is -2.42. The standard InChI is InChI=1S/C19H25N5O/c1-12-15(17(20)24-18(23-12)21-11-22-24)7-5-6-13-10-14(19(2,3)4)8-9-16(13)25/h11,13-14H,6,8-10,20H2,1-4H3. The second kappa shape index (κ2) is 6.47. The number of nitrogens with two attached hydrogens (primary N) is 1. The Morgan fingerprint density at radius 3 is 2.88 bits per heavy atom. The molecule has 1 saturated carbocycles. The van der Waals surface area contributed by atoms with Crippen molar-refractivity contribution in [3.63, 3.8) is 0 Å². The number of Topliss-reactive ketones (excluding diaryl/α,β-unsaturated/α-hetero) is 1. The molecule has 3 rings (SSSR count). The van der Waals surface area contributed by atoms with Crippen LogP contribution in [-0.2, 0) is 4.79 Å². The predicted octanol–water partition coefficient (Wildman–Crippen LogP) is 2.79. The van der Waals surface area contributed by atoms with Gasteiger partial charge in [-0.05, 0) is 31.1 Å². The topological polar surface area (TPSA) is 86.2 Å². The Kier molecular flexibility index (Phi) is 4.51. The van der Waals surface area contributed by atoms with Gasteiger partial charge < -0.3 is 5.73 Å². The molecule has 0 spiro atoms. The highest BCUT2D eigenvalue weighted by Crippen LogP contribution is 2.39. The highest BCUT2D eigenvalue weighted by Gasteiger charge is 2.34. The third-order valence-electron chi connectivity index (χ3n) is 5.19. The minimum atomic E-state index is 0.0232. The predicted molar refractivity (Wildman–Crippen MR) is 96.7 cm³/mol. The van der Waals surface area contributed by atoms with Crippen LogP contribution in [0.4, 0.5) is 5.82 Å². The Labute approximate surface area is 148 Å². The van der Waals surface area contributed by atoms with Gasteiger partial charge in [0.1, 0.15) is 17.9 Å². The number of carbonyl (C=O) groups excluding carboxylic acids is 1. The van der Waals surface area contributed by atoms with Gasteiger partial charge in [-0.15, -0.1) is 0 Å². The van der Waals surface area contributed by atoms with Gasteiger partial charge in [0, 0.05) is 18.8 Å². The first-order valence-electron chi connectivity index (χ1n) is 8.74. The van der Waals surface area contributed by atoms with E-state index in [0.717, 1.165) is 18.5 Å². The molecule has 2 atom stereocenters. The molecule has 6 heteroatoms. The summed E-state index contributed by atoms with van der Waals surface area (Å²) in [5.41, 5.74) is 7.76. The van der Waals surface area contributed by atoms with Gasteiger partial charge >= 0.3 is 0 Å². The Bertz CT molecular complexity index is 866. The van der Waals surface area contributed by atoms with Gasteiger partial charge in [-0.25, -0.2) is 4.98 Å². The summed E-state index contributed by atoms with van der Waals surface area (Å²) >= 11 is 0. The van der Waals surface area contributed by atoms with Gasteiger partial charge in [0.2, 0.25) is 0 Å². The average molecular weight is 339 g/mol. The van der Waals surface area contributed by atoms with E-state index in [9.17, 15) is 4.79 Å². The number of nitrogens with zero attached hydrogens (tertiary/aromatic N) is 4. The van der Waals surface area contributed by atoms with Gasteiger partial charge in [0.25, 0.3) is 5.78 Å². The van der Waals surface area contributed by atoms with Crippen LogP contribution in [-0.4, -0.2) is 25.4 Å². The number of fused-ring (bicyclic) bond motifs is 1. The summed E-state index contributed by atoms with van der Waals surface area (Å²) in [6.07, 6.45) is 4.57.